The van der Waals surface area contributed by atoms with E-state index in [2.05, 4.69) is 11.1 Å². The second-order valence-electron chi connectivity index (χ2n) is 6.56. The molecule has 0 atom stereocenters. The van der Waals surface area contributed by atoms with E-state index in [1.54, 1.807) is 0 Å². The number of hydrogen-bond donors (Lipinski definition) is 0. The summed E-state index contributed by atoms with van der Waals surface area (Å²) in [5.74, 6) is -0.576. The molecule has 3 nitrogen and oxygen atoms in total. The molecule has 0 N–H and O–H groups in total. The highest BCUT2D eigenvalue weighted by Crippen LogP contribution is 2.36. The van der Waals surface area contributed by atoms with Crippen molar-refractivity contribution in [2.24, 2.45) is 16.3 Å². The Morgan fingerprint density at radius 2 is 1.75 bits per heavy atom. The Hall–Kier alpha value is -1.77. The molecule has 1 aliphatic carbocycles. The number of carbonyl (C=O) groups excluding carboxylic acids is 2. The molecule has 1 aromatic carbocycles. The van der Waals surface area contributed by atoms with Gasteiger partial charge in [0.05, 0.1) is 5.71 Å². The van der Waals surface area contributed by atoms with Gasteiger partial charge in [-0.1, -0.05) is 38.1 Å². The molecule has 1 saturated carbocycles. The van der Waals surface area contributed by atoms with E-state index in [-0.39, 0.29) is 17.0 Å². The lowest BCUT2D eigenvalue weighted by atomic mass is 9.69. The number of ketones is 2. The number of benzene rings is 1. The molecule has 0 unspecified atom stereocenters. The second-order valence-corrected chi connectivity index (χ2v) is 6.56. The minimum Gasteiger partial charge on any atom is -0.298 e. The van der Waals surface area contributed by atoms with E-state index < -0.39 is 5.92 Å². The Bertz CT molecular complexity index is 593. The Morgan fingerprint density at radius 1 is 1.10 bits per heavy atom. The average molecular weight is 269 g/mol. The van der Waals surface area contributed by atoms with Crippen molar-refractivity contribution in [1.82, 2.24) is 0 Å². The van der Waals surface area contributed by atoms with Crippen LogP contribution in [0.2, 0.25) is 0 Å². The van der Waals surface area contributed by atoms with Gasteiger partial charge in [0.1, 0.15) is 17.5 Å². The molecular weight excluding hydrogens is 250 g/mol. The first-order valence-electron chi connectivity index (χ1n) is 7.16. The fourth-order valence-corrected chi connectivity index (χ4v) is 3.31. The van der Waals surface area contributed by atoms with Crippen molar-refractivity contribution in [3.63, 3.8) is 0 Å². The van der Waals surface area contributed by atoms with Crippen LogP contribution in [0.15, 0.2) is 29.3 Å². The van der Waals surface area contributed by atoms with Gasteiger partial charge in [0.15, 0.2) is 0 Å². The third-order valence-corrected chi connectivity index (χ3v) is 4.18. The van der Waals surface area contributed by atoms with Gasteiger partial charge in [0, 0.05) is 19.4 Å². The number of rotatable bonds is 1. The lowest BCUT2D eigenvalue weighted by molar-refractivity contribution is -0.136. The minimum atomic E-state index is -0.635. The number of fused-ring (bicyclic) bond motifs is 1. The van der Waals surface area contributed by atoms with Gasteiger partial charge in [0.25, 0.3) is 0 Å². The first kappa shape index (κ1) is 13.2. The summed E-state index contributed by atoms with van der Waals surface area (Å²) in [7, 11) is 0. The fraction of sp³-hybridized carbons (Fsp3) is 0.471. The highest BCUT2D eigenvalue weighted by Gasteiger charge is 2.43. The summed E-state index contributed by atoms with van der Waals surface area (Å²) in [5.41, 5.74) is 2.69. The molecule has 0 radical (unpaired) electrons. The predicted molar refractivity (Wildman–Crippen MR) is 78.1 cm³/mol. The van der Waals surface area contributed by atoms with Crippen molar-refractivity contribution >= 4 is 17.3 Å². The number of carbonyl (C=O) groups is 2. The molecular formula is C17H19NO2. The molecule has 3 rings (SSSR count). The summed E-state index contributed by atoms with van der Waals surface area (Å²) in [6.45, 7) is 4.64. The summed E-state index contributed by atoms with van der Waals surface area (Å²) < 4.78 is 0. The molecule has 104 valence electrons. The van der Waals surface area contributed by atoms with E-state index in [1.807, 2.05) is 32.0 Å². The average Bonchev–Trinajstić information content (AvgIpc) is 2.36. The molecule has 0 aromatic heterocycles. The van der Waals surface area contributed by atoms with Gasteiger partial charge in [-0.3, -0.25) is 14.6 Å². The highest BCUT2D eigenvalue weighted by atomic mass is 16.2. The van der Waals surface area contributed by atoms with Gasteiger partial charge < -0.3 is 0 Å². The van der Waals surface area contributed by atoms with E-state index in [0.29, 0.717) is 25.1 Å². The molecule has 2 aliphatic rings. The largest absolute Gasteiger partial charge is 0.298 e. The van der Waals surface area contributed by atoms with Crippen LogP contribution in [-0.4, -0.2) is 23.8 Å². The maximum atomic E-state index is 12.4. The Morgan fingerprint density at radius 3 is 2.45 bits per heavy atom. The van der Waals surface area contributed by atoms with Crippen LogP contribution in [0.5, 0.6) is 0 Å². The topological polar surface area (TPSA) is 46.5 Å². The molecule has 0 saturated heterocycles. The van der Waals surface area contributed by atoms with Crippen molar-refractivity contribution in [2.75, 3.05) is 6.54 Å². The quantitative estimate of drug-likeness (QED) is 0.736. The zero-order valence-corrected chi connectivity index (χ0v) is 12.0. The smallest absolute Gasteiger partial charge is 0.149 e. The van der Waals surface area contributed by atoms with Gasteiger partial charge in [-0.05, 0) is 23.0 Å². The van der Waals surface area contributed by atoms with Gasteiger partial charge >= 0.3 is 0 Å². The normalized spacial score (nSPS) is 22.4. The second kappa shape index (κ2) is 4.65. The van der Waals surface area contributed by atoms with E-state index >= 15 is 0 Å². The fourth-order valence-electron chi connectivity index (χ4n) is 3.31. The summed E-state index contributed by atoms with van der Waals surface area (Å²) in [6.07, 6.45) is 1.81. The highest BCUT2D eigenvalue weighted by molar-refractivity contribution is 6.27. The third kappa shape index (κ3) is 2.21. The summed E-state index contributed by atoms with van der Waals surface area (Å²) >= 11 is 0. The maximum Gasteiger partial charge on any atom is 0.149 e. The number of nitrogens with zero attached hydrogens (tertiary/aromatic N) is 1. The van der Waals surface area contributed by atoms with Gasteiger partial charge in [-0.25, -0.2) is 0 Å². The van der Waals surface area contributed by atoms with Crippen LogP contribution in [0.4, 0.5) is 0 Å². The van der Waals surface area contributed by atoms with Crippen LogP contribution in [0.25, 0.3) is 0 Å². The van der Waals surface area contributed by atoms with E-state index in [9.17, 15) is 9.59 Å². The van der Waals surface area contributed by atoms with E-state index in [4.69, 9.17) is 0 Å². The molecule has 1 heterocycles. The van der Waals surface area contributed by atoms with Crippen LogP contribution in [0, 0.1) is 11.3 Å². The van der Waals surface area contributed by atoms with Gasteiger partial charge in [0.2, 0.25) is 0 Å². The Balaban J connectivity index is 1.99. The van der Waals surface area contributed by atoms with Crippen LogP contribution in [-0.2, 0) is 16.0 Å². The molecule has 0 spiro atoms. The molecule has 3 heteroatoms. The Kier molecular flexibility index (Phi) is 3.08. The van der Waals surface area contributed by atoms with Crippen molar-refractivity contribution in [3.05, 3.63) is 35.4 Å². The van der Waals surface area contributed by atoms with Crippen LogP contribution < -0.4 is 0 Å². The number of Topliss-reactive ketones (excluding diaryl/α,β-unsaturated/α-hetero) is 2. The number of hydrogen-bond acceptors (Lipinski definition) is 3. The molecule has 1 aliphatic heterocycles. The van der Waals surface area contributed by atoms with Crippen LogP contribution in [0.3, 0.4) is 0 Å². The zero-order chi connectivity index (χ0) is 14.3. The molecule has 1 fully saturated rings. The standard InChI is InChI=1S/C17H19NO2/c1-17(2)9-13(19)15(14(20)10-17)16-12-6-4-3-5-11(12)7-8-18-16/h3-6,15H,7-10H2,1-2H3. The van der Waals surface area contributed by atoms with Gasteiger partial charge in [-0.15, -0.1) is 0 Å². The van der Waals surface area contributed by atoms with Crippen molar-refractivity contribution in [3.8, 4) is 0 Å². The lowest BCUT2D eigenvalue weighted by Gasteiger charge is -2.33. The first-order valence-corrected chi connectivity index (χ1v) is 7.16. The van der Waals surface area contributed by atoms with Crippen LogP contribution in [0.1, 0.15) is 37.8 Å². The zero-order valence-electron chi connectivity index (χ0n) is 12.0. The van der Waals surface area contributed by atoms with Crippen molar-refractivity contribution < 1.29 is 9.59 Å². The van der Waals surface area contributed by atoms with Crippen molar-refractivity contribution in [2.45, 2.75) is 33.1 Å². The summed E-state index contributed by atoms with van der Waals surface area (Å²) in [5, 5.41) is 0. The SMILES string of the molecule is CC1(C)CC(=O)C(C2=NCCc3ccccc32)C(=O)C1. The van der Waals surface area contributed by atoms with E-state index in [0.717, 1.165) is 12.0 Å². The summed E-state index contributed by atoms with van der Waals surface area (Å²) in [6, 6.07) is 7.98. The van der Waals surface area contributed by atoms with E-state index in [1.165, 1.54) is 5.56 Å². The predicted octanol–water partition coefficient (Wildman–Crippen LogP) is 2.61. The van der Waals surface area contributed by atoms with Crippen LogP contribution >= 0.6 is 0 Å². The molecule has 0 bridgehead atoms. The first-order chi connectivity index (χ1) is 9.48. The molecule has 0 amide bonds. The Labute approximate surface area is 119 Å². The monoisotopic (exact) mass is 269 g/mol. The van der Waals surface area contributed by atoms with Crippen molar-refractivity contribution in [1.29, 1.82) is 0 Å². The minimum absolute atomic E-state index is 0.0294. The molecule has 20 heavy (non-hydrogen) atoms. The third-order valence-electron chi connectivity index (χ3n) is 4.18. The number of aliphatic imine (C=N–C) groups is 1. The summed E-state index contributed by atoms with van der Waals surface area (Å²) in [4.78, 5) is 29.4. The maximum absolute atomic E-state index is 12.4. The molecule has 1 aromatic rings. The van der Waals surface area contributed by atoms with Gasteiger partial charge in [-0.2, -0.15) is 0 Å². The lowest BCUT2D eigenvalue weighted by Crippen LogP contribution is -2.43.